The minimum Gasteiger partial charge on any atom is -0.497 e. The van der Waals surface area contributed by atoms with Crippen LogP contribution < -0.4 is 9.64 Å². The molecule has 6 heteroatoms. The molecule has 1 aliphatic rings. The highest BCUT2D eigenvalue weighted by Gasteiger charge is 2.26. The Morgan fingerprint density at radius 3 is 2.57 bits per heavy atom. The molecule has 1 saturated heterocycles. The summed E-state index contributed by atoms with van der Waals surface area (Å²) < 4.78 is 5.21. The lowest BCUT2D eigenvalue weighted by molar-refractivity contribution is -0.142. The van der Waals surface area contributed by atoms with E-state index in [9.17, 15) is 10.1 Å². The van der Waals surface area contributed by atoms with Gasteiger partial charge in [-0.1, -0.05) is 0 Å². The molecule has 0 amide bonds. The van der Waals surface area contributed by atoms with E-state index in [1.165, 1.54) is 0 Å². The molecule has 1 aromatic rings. The number of nitrogens with zero attached hydrogens (tertiary/aromatic N) is 3. The lowest BCUT2D eigenvalue weighted by Crippen LogP contribution is -2.51. The molecule has 6 nitrogen and oxygen atoms in total. The average Bonchev–Trinajstić information content (AvgIpc) is 2.53. The molecule has 1 aromatic carbocycles. The van der Waals surface area contributed by atoms with Crippen molar-refractivity contribution in [2.24, 2.45) is 0 Å². The van der Waals surface area contributed by atoms with Crippen LogP contribution >= 0.6 is 0 Å². The first-order chi connectivity index (χ1) is 10.1. The van der Waals surface area contributed by atoms with E-state index >= 15 is 0 Å². The number of anilines is 1. The molecule has 0 bridgehead atoms. The predicted octanol–water partition coefficient (Wildman–Crippen LogP) is 1.16. The second kappa shape index (κ2) is 6.46. The first kappa shape index (κ1) is 15.1. The van der Waals surface area contributed by atoms with Crippen LogP contribution in [0.15, 0.2) is 18.2 Å². The van der Waals surface area contributed by atoms with E-state index in [0.717, 1.165) is 5.69 Å². The van der Waals surface area contributed by atoms with Crippen LogP contribution in [0.4, 0.5) is 5.69 Å². The van der Waals surface area contributed by atoms with E-state index in [1.807, 2.05) is 11.0 Å². The zero-order valence-corrected chi connectivity index (χ0v) is 12.2. The van der Waals surface area contributed by atoms with Gasteiger partial charge in [-0.3, -0.25) is 9.69 Å². The number of carboxylic acids is 1. The van der Waals surface area contributed by atoms with Crippen molar-refractivity contribution in [2.45, 2.75) is 13.0 Å². The number of carbonyl (C=O) groups is 1. The van der Waals surface area contributed by atoms with Gasteiger partial charge in [0.05, 0.1) is 18.4 Å². The van der Waals surface area contributed by atoms with Gasteiger partial charge in [-0.15, -0.1) is 0 Å². The van der Waals surface area contributed by atoms with E-state index in [1.54, 1.807) is 26.2 Å². The van der Waals surface area contributed by atoms with Crippen molar-refractivity contribution in [3.8, 4) is 11.8 Å². The molecule has 1 fully saturated rings. The third-order valence-electron chi connectivity index (χ3n) is 3.89. The quantitative estimate of drug-likeness (QED) is 0.896. The molecule has 0 aromatic heterocycles. The van der Waals surface area contributed by atoms with Gasteiger partial charge in [-0.05, 0) is 19.1 Å². The van der Waals surface area contributed by atoms with Gasteiger partial charge in [0.25, 0.3) is 0 Å². The van der Waals surface area contributed by atoms with Crippen LogP contribution in [0.2, 0.25) is 0 Å². The fraction of sp³-hybridized carbons (Fsp3) is 0.467. The summed E-state index contributed by atoms with van der Waals surface area (Å²) in [5.41, 5.74) is 1.45. The summed E-state index contributed by atoms with van der Waals surface area (Å²) in [6.07, 6.45) is 0. The van der Waals surface area contributed by atoms with Crippen LogP contribution in [0.1, 0.15) is 12.5 Å². The van der Waals surface area contributed by atoms with Crippen molar-refractivity contribution >= 4 is 11.7 Å². The number of piperazine rings is 1. The number of nitriles is 1. The number of hydrogen-bond donors (Lipinski definition) is 1. The lowest BCUT2D eigenvalue weighted by Gasteiger charge is -2.38. The van der Waals surface area contributed by atoms with Crippen molar-refractivity contribution in [2.75, 3.05) is 38.2 Å². The fourth-order valence-corrected chi connectivity index (χ4v) is 2.50. The van der Waals surface area contributed by atoms with Crippen LogP contribution in [0, 0.1) is 11.3 Å². The van der Waals surface area contributed by atoms with E-state index in [-0.39, 0.29) is 0 Å². The van der Waals surface area contributed by atoms with Crippen LogP contribution in [0.25, 0.3) is 0 Å². The molecular weight excluding hydrogens is 270 g/mol. The van der Waals surface area contributed by atoms with Gasteiger partial charge in [0.2, 0.25) is 0 Å². The van der Waals surface area contributed by atoms with Crippen molar-refractivity contribution < 1.29 is 14.6 Å². The smallest absolute Gasteiger partial charge is 0.320 e. The molecule has 112 valence electrons. The summed E-state index contributed by atoms with van der Waals surface area (Å²) in [7, 11) is 1.59. The third kappa shape index (κ3) is 3.26. The number of carboxylic acid groups (broad SMARTS) is 1. The second-order valence-corrected chi connectivity index (χ2v) is 5.03. The molecule has 1 N–H and O–H groups in total. The minimum absolute atomic E-state index is 0.479. The molecule has 0 radical (unpaired) electrons. The highest BCUT2D eigenvalue weighted by atomic mass is 16.5. The highest BCUT2D eigenvalue weighted by Crippen LogP contribution is 2.26. The molecule has 0 spiro atoms. The first-order valence-corrected chi connectivity index (χ1v) is 6.86. The van der Waals surface area contributed by atoms with E-state index in [4.69, 9.17) is 9.84 Å². The van der Waals surface area contributed by atoms with Crippen LogP contribution in [-0.4, -0.2) is 55.3 Å². The van der Waals surface area contributed by atoms with Gasteiger partial charge in [-0.25, -0.2) is 0 Å². The number of hydrogen-bond acceptors (Lipinski definition) is 5. The Morgan fingerprint density at radius 1 is 1.38 bits per heavy atom. The van der Waals surface area contributed by atoms with E-state index in [0.29, 0.717) is 37.5 Å². The Kier molecular flexibility index (Phi) is 4.66. The van der Waals surface area contributed by atoms with Gasteiger partial charge >= 0.3 is 5.97 Å². The summed E-state index contributed by atoms with van der Waals surface area (Å²) in [5, 5.41) is 18.3. The molecule has 1 atom stereocenters. The van der Waals surface area contributed by atoms with Crippen molar-refractivity contribution in [3.63, 3.8) is 0 Å². The van der Waals surface area contributed by atoms with Crippen LogP contribution in [-0.2, 0) is 4.79 Å². The van der Waals surface area contributed by atoms with Gasteiger partial charge in [0, 0.05) is 32.2 Å². The summed E-state index contributed by atoms with van der Waals surface area (Å²) >= 11 is 0. The SMILES string of the molecule is COc1ccc(C#N)c(N2CCN(C(C)C(=O)O)CC2)c1. The van der Waals surface area contributed by atoms with E-state index < -0.39 is 12.0 Å². The van der Waals surface area contributed by atoms with E-state index in [2.05, 4.69) is 11.0 Å². The maximum atomic E-state index is 11.0. The van der Waals surface area contributed by atoms with Gasteiger partial charge < -0.3 is 14.7 Å². The molecule has 1 aliphatic heterocycles. The summed E-state index contributed by atoms with van der Waals surface area (Å²) in [4.78, 5) is 15.1. The van der Waals surface area contributed by atoms with Gasteiger partial charge in [-0.2, -0.15) is 5.26 Å². The summed E-state index contributed by atoms with van der Waals surface area (Å²) in [5.74, 6) is -0.0899. The Bertz CT molecular complexity index is 560. The number of benzene rings is 1. The van der Waals surface area contributed by atoms with Crippen LogP contribution in [0.5, 0.6) is 5.75 Å². The Balaban J connectivity index is 2.12. The number of rotatable bonds is 4. The largest absolute Gasteiger partial charge is 0.497 e. The molecule has 2 rings (SSSR count). The number of methoxy groups -OCH3 is 1. The normalized spacial score (nSPS) is 17.1. The molecule has 21 heavy (non-hydrogen) atoms. The minimum atomic E-state index is -0.803. The second-order valence-electron chi connectivity index (χ2n) is 5.03. The van der Waals surface area contributed by atoms with Crippen molar-refractivity contribution in [1.29, 1.82) is 5.26 Å². The Hall–Kier alpha value is -2.26. The standard InChI is InChI=1S/C15H19N3O3/c1-11(15(19)20)17-5-7-18(8-6-17)14-9-13(21-2)4-3-12(14)10-16/h3-4,9,11H,5-8H2,1-2H3,(H,19,20). The number of ether oxygens (including phenoxy) is 1. The third-order valence-corrected chi connectivity index (χ3v) is 3.89. The molecule has 0 saturated carbocycles. The monoisotopic (exact) mass is 289 g/mol. The summed E-state index contributed by atoms with van der Waals surface area (Å²) in [6, 6.07) is 7.09. The number of aliphatic carboxylic acids is 1. The average molecular weight is 289 g/mol. The Morgan fingerprint density at radius 2 is 2.05 bits per heavy atom. The zero-order chi connectivity index (χ0) is 15.4. The van der Waals surface area contributed by atoms with Crippen molar-refractivity contribution in [1.82, 2.24) is 4.90 Å². The molecule has 1 heterocycles. The molecule has 1 unspecified atom stereocenters. The fourth-order valence-electron chi connectivity index (χ4n) is 2.50. The highest BCUT2D eigenvalue weighted by molar-refractivity contribution is 5.73. The molecule has 0 aliphatic carbocycles. The van der Waals surface area contributed by atoms with Gasteiger partial charge in [0.15, 0.2) is 0 Å². The maximum Gasteiger partial charge on any atom is 0.320 e. The van der Waals surface area contributed by atoms with Crippen molar-refractivity contribution in [3.05, 3.63) is 23.8 Å². The zero-order valence-electron chi connectivity index (χ0n) is 12.2. The lowest BCUT2D eigenvalue weighted by atomic mass is 10.1. The molecular formula is C15H19N3O3. The maximum absolute atomic E-state index is 11.0. The topological polar surface area (TPSA) is 76.8 Å². The Labute approximate surface area is 124 Å². The first-order valence-electron chi connectivity index (χ1n) is 6.86. The van der Waals surface area contributed by atoms with Crippen LogP contribution in [0.3, 0.4) is 0 Å². The summed E-state index contributed by atoms with van der Waals surface area (Å²) in [6.45, 7) is 4.41. The predicted molar refractivity (Wildman–Crippen MR) is 78.6 cm³/mol. The van der Waals surface area contributed by atoms with Gasteiger partial charge in [0.1, 0.15) is 17.9 Å².